The van der Waals surface area contributed by atoms with Crippen molar-refractivity contribution in [2.24, 2.45) is 23.7 Å². The lowest BCUT2D eigenvalue weighted by Gasteiger charge is -2.30. The summed E-state index contributed by atoms with van der Waals surface area (Å²) in [5.41, 5.74) is 0.794. The van der Waals surface area contributed by atoms with Crippen molar-refractivity contribution in [2.45, 2.75) is 72.2 Å². The summed E-state index contributed by atoms with van der Waals surface area (Å²) >= 11 is 0. The van der Waals surface area contributed by atoms with Gasteiger partial charge in [0.25, 0.3) is 0 Å². The lowest BCUT2D eigenvalue weighted by molar-refractivity contribution is -0.155. The third-order valence-electron chi connectivity index (χ3n) is 5.68. The zero-order valence-corrected chi connectivity index (χ0v) is 17.7. The molecule has 0 fully saturated rings. The molecule has 6 nitrogen and oxygen atoms in total. The van der Waals surface area contributed by atoms with E-state index in [1.54, 1.807) is 19.1 Å². The van der Waals surface area contributed by atoms with Gasteiger partial charge in [0, 0.05) is 17.8 Å². The molecule has 0 unspecified atom stereocenters. The molecule has 3 N–H and O–H groups in total. The third kappa shape index (κ3) is 7.15. The molecule has 0 aromatic rings. The van der Waals surface area contributed by atoms with Crippen LogP contribution < -0.4 is 0 Å². The first-order valence-electron chi connectivity index (χ1n) is 10.2. The highest BCUT2D eigenvalue weighted by Gasteiger charge is 2.31. The number of allylic oxidation sites excluding steroid dienone is 3. The summed E-state index contributed by atoms with van der Waals surface area (Å²) < 4.78 is 5.50. The predicted molar refractivity (Wildman–Crippen MR) is 107 cm³/mol. The maximum atomic E-state index is 12.4. The molecule has 1 rings (SSSR count). The third-order valence-corrected chi connectivity index (χ3v) is 5.68. The average molecular weight is 397 g/mol. The zero-order valence-electron chi connectivity index (χ0n) is 17.7. The van der Waals surface area contributed by atoms with E-state index >= 15 is 0 Å². The van der Waals surface area contributed by atoms with E-state index < -0.39 is 36.1 Å². The first-order valence-corrected chi connectivity index (χ1v) is 10.2. The highest BCUT2D eigenvalue weighted by molar-refractivity contribution is 5.91. The van der Waals surface area contributed by atoms with Crippen LogP contribution in [-0.2, 0) is 14.3 Å². The number of hydrogen-bond donors (Lipinski definition) is 3. The minimum Gasteiger partial charge on any atom is -0.462 e. The summed E-state index contributed by atoms with van der Waals surface area (Å²) in [6, 6.07) is 0. The molecule has 0 radical (unpaired) electrons. The molecular weight excluding hydrogens is 360 g/mol. The molecule has 0 aromatic carbocycles. The molecule has 0 amide bonds. The Labute approximate surface area is 168 Å². The highest BCUT2D eigenvalue weighted by Crippen LogP contribution is 2.25. The molecule has 1 aliphatic heterocycles. The van der Waals surface area contributed by atoms with Gasteiger partial charge in [0.05, 0.1) is 25.2 Å². The Bertz CT molecular complexity index is 582. The summed E-state index contributed by atoms with van der Waals surface area (Å²) in [5.74, 6) is -2.01. The summed E-state index contributed by atoms with van der Waals surface area (Å²) in [6.07, 6.45) is 3.35. The Morgan fingerprint density at radius 2 is 1.79 bits per heavy atom. The van der Waals surface area contributed by atoms with Crippen LogP contribution in [0.4, 0.5) is 0 Å². The molecule has 28 heavy (non-hydrogen) atoms. The Balaban J connectivity index is 3.19. The van der Waals surface area contributed by atoms with Crippen LogP contribution in [0.1, 0.15) is 53.9 Å². The van der Waals surface area contributed by atoms with Gasteiger partial charge in [-0.3, -0.25) is 9.59 Å². The second kappa shape index (κ2) is 11.5. The smallest absolute Gasteiger partial charge is 0.308 e. The predicted octanol–water partition coefficient (Wildman–Crippen LogP) is 2.41. The van der Waals surface area contributed by atoms with Crippen LogP contribution in [-0.4, -0.2) is 52.0 Å². The first-order chi connectivity index (χ1) is 13.1. The number of cyclic esters (lactones) is 1. The van der Waals surface area contributed by atoms with Crippen LogP contribution in [0.3, 0.4) is 0 Å². The van der Waals surface area contributed by atoms with Crippen molar-refractivity contribution in [1.82, 2.24) is 0 Å². The molecule has 0 saturated carbocycles. The van der Waals surface area contributed by atoms with E-state index in [0.717, 1.165) is 5.57 Å². The molecule has 0 spiro atoms. The fraction of sp³-hybridized carbons (Fsp3) is 0.727. The van der Waals surface area contributed by atoms with Gasteiger partial charge in [-0.25, -0.2) is 0 Å². The van der Waals surface area contributed by atoms with Crippen molar-refractivity contribution >= 4 is 11.8 Å². The largest absolute Gasteiger partial charge is 0.462 e. The van der Waals surface area contributed by atoms with Crippen molar-refractivity contribution in [3.05, 3.63) is 23.8 Å². The number of hydrogen-bond acceptors (Lipinski definition) is 6. The van der Waals surface area contributed by atoms with Crippen molar-refractivity contribution in [3.63, 3.8) is 0 Å². The summed E-state index contributed by atoms with van der Waals surface area (Å²) in [7, 11) is 0. The Hall–Kier alpha value is -1.50. The van der Waals surface area contributed by atoms with Gasteiger partial charge in [-0.05, 0) is 31.8 Å². The first kappa shape index (κ1) is 24.5. The van der Waals surface area contributed by atoms with Gasteiger partial charge < -0.3 is 20.1 Å². The second-order valence-corrected chi connectivity index (χ2v) is 8.16. The Kier molecular flexibility index (Phi) is 10.1. The van der Waals surface area contributed by atoms with Gasteiger partial charge in [0.1, 0.15) is 6.10 Å². The van der Waals surface area contributed by atoms with E-state index in [1.165, 1.54) is 6.08 Å². The lowest BCUT2D eigenvalue weighted by atomic mass is 9.82. The number of ketones is 1. The van der Waals surface area contributed by atoms with E-state index in [-0.39, 0.29) is 30.6 Å². The second-order valence-electron chi connectivity index (χ2n) is 8.16. The number of carbonyl (C=O) groups is 2. The van der Waals surface area contributed by atoms with Crippen molar-refractivity contribution in [2.75, 3.05) is 6.61 Å². The molecule has 0 saturated heterocycles. The van der Waals surface area contributed by atoms with Crippen LogP contribution >= 0.6 is 0 Å². The molecule has 1 heterocycles. The number of aliphatic hydroxyl groups is 3. The van der Waals surface area contributed by atoms with E-state index in [4.69, 9.17) is 4.74 Å². The standard InChI is InChI=1S/C22H36O6/c1-6-20-17(12-23)9-13(2)7-8-18(24)14(3)10-15(4)22(27)16(5)19(25)11-21(26)28-20/h7-9,14-17,19-20,22-23,25,27H,6,10-12H2,1-5H3/b8-7+,13-9+/t14-,15+,16+,17-,19-,20-,22+/m1/s1. The van der Waals surface area contributed by atoms with Crippen molar-refractivity contribution in [3.8, 4) is 0 Å². The minimum absolute atomic E-state index is 0.0360. The van der Waals surface area contributed by atoms with E-state index in [9.17, 15) is 24.9 Å². The monoisotopic (exact) mass is 396 g/mol. The molecule has 1 aliphatic rings. The van der Waals surface area contributed by atoms with Gasteiger partial charge in [-0.2, -0.15) is 0 Å². The van der Waals surface area contributed by atoms with Gasteiger partial charge in [-0.1, -0.05) is 45.4 Å². The number of aliphatic hydroxyl groups excluding tert-OH is 3. The lowest BCUT2D eigenvalue weighted by Crippen LogP contribution is -2.37. The maximum absolute atomic E-state index is 12.4. The average Bonchev–Trinajstić information content (AvgIpc) is 2.66. The topological polar surface area (TPSA) is 104 Å². The van der Waals surface area contributed by atoms with Gasteiger partial charge in [-0.15, -0.1) is 0 Å². The van der Waals surface area contributed by atoms with Crippen LogP contribution in [0.5, 0.6) is 0 Å². The molecule has 160 valence electrons. The quantitative estimate of drug-likeness (QED) is 0.619. The molecular formula is C22H36O6. The molecule has 0 aromatic heterocycles. The van der Waals surface area contributed by atoms with Crippen LogP contribution in [0.25, 0.3) is 0 Å². The van der Waals surface area contributed by atoms with E-state index in [2.05, 4.69) is 0 Å². The molecule has 0 bridgehead atoms. The van der Waals surface area contributed by atoms with Gasteiger partial charge in [0.15, 0.2) is 5.78 Å². The number of ether oxygens (including phenoxy) is 1. The minimum atomic E-state index is -1.05. The molecule has 0 aliphatic carbocycles. The summed E-state index contributed by atoms with van der Waals surface area (Å²) in [5, 5.41) is 30.7. The fourth-order valence-corrected chi connectivity index (χ4v) is 3.65. The van der Waals surface area contributed by atoms with Crippen LogP contribution in [0.2, 0.25) is 0 Å². The molecule has 7 atom stereocenters. The van der Waals surface area contributed by atoms with Gasteiger partial charge in [0.2, 0.25) is 0 Å². The van der Waals surface area contributed by atoms with Gasteiger partial charge >= 0.3 is 5.97 Å². The maximum Gasteiger partial charge on any atom is 0.308 e. The van der Waals surface area contributed by atoms with Crippen molar-refractivity contribution < 1.29 is 29.6 Å². The highest BCUT2D eigenvalue weighted by atomic mass is 16.5. The van der Waals surface area contributed by atoms with E-state index in [1.807, 2.05) is 27.7 Å². The fourth-order valence-electron chi connectivity index (χ4n) is 3.65. The Morgan fingerprint density at radius 1 is 1.14 bits per heavy atom. The SMILES string of the molecule is CC[C@H]1OC(=O)C[C@@H](O)[C@H](C)[C@@H](O)[C@@H](C)C[C@@H](C)C(=O)/C=C/C(C)=C/[C@@H]1CO. The normalized spacial score (nSPS) is 39.7. The zero-order chi connectivity index (χ0) is 21.4. The number of esters is 1. The van der Waals surface area contributed by atoms with Crippen LogP contribution in [0.15, 0.2) is 23.8 Å². The number of rotatable bonds is 2. The summed E-state index contributed by atoms with van der Waals surface area (Å²) in [6.45, 7) is 8.83. The summed E-state index contributed by atoms with van der Waals surface area (Å²) in [4.78, 5) is 24.7. The Morgan fingerprint density at radius 3 is 2.36 bits per heavy atom. The molecule has 6 heteroatoms. The van der Waals surface area contributed by atoms with Crippen molar-refractivity contribution in [1.29, 1.82) is 0 Å². The number of carbonyl (C=O) groups excluding carboxylic acids is 2. The van der Waals surface area contributed by atoms with E-state index in [0.29, 0.717) is 12.8 Å². The van der Waals surface area contributed by atoms with Crippen LogP contribution in [0, 0.1) is 23.7 Å².